The van der Waals surface area contributed by atoms with Gasteiger partial charge in [0.15, 0.2) is 0 Å². The number of rotatable bonds is 4. The third-order valence-electron chi connectivity index (χ3n) is 5.35. The van der Waals surface area contributed by atoms with Crippen molar-refractivity contribution < 1.29 is 9.59 Å². The summed E-state index contributed by atoms with van der Waals surface area (Å²) < 4.78 is 0. The summed E-state index contributed by atoms with van der Waals surface area (Å²) in [6, 6.07) is 3.72. The highest BCUT2D eigenvalue weighted by molar-refractivity contribution is 5.90. The lowest BCUT2D eigenvalue weighted by molar-refractivity contribution is -0.120. The van der Waals surface area contributed by atoms with Gasteiger partial charge >= 0.3 is 0 Å². The smallest absolute Gasteiger partial charge is 0.239 e. The fraction of sp³-hybridized carbons (Fsp3) is 0.650. The molecule has 2 heterocycles. The molecule has 2 N–H and O–H groups in total. The summed E-state index contributed by atoms with van der Waals surface area (Å²) in [7, 11) is 0. The monoisotopic (exact) mass is 358 g/mol. The molecule has 26 heavy (non-hydrogen) atoms. The SMILES string of the molecule is CC1CC(CC(=O)Nc2ccc(N3CCNC(=O)C3)nc2)CC(C)(C)C1. The van der Waals surface area contributed by atoms with E-state index < -0.39 is 0 Å². The van der Waals surface area contributed by atoms with Gasteiger partial charge in [0.1, 0.15) is 5.82 Å². The van der Waals surface area contributed by atoms with Crippen LogP contribution in [0, 0.1) is 17.3 Å². The summed E-state index contributed by atoms with van der Waals surface area (Å²) in [6.07, 6.45) is 5.73. The third kappa shape index (κ3) is 4.96. The van der Waals surface area contributed by atoms with Crippen LogP contribution < -0.4 is 15.5 Å². The Bertz CT molecular complexity index is 656. The van der Waals surface area contributed by atoms with Crippen molar-refractivity contribution in [3.8, 4) is 0 Å². The second-order valence-electron chi connectivity index (χ2n) is 8.71. The molecule has 1 saturated heterocycles. The lowest BCUT2D eigenvalue weighted by Gasteiger charge is -2.38. The van der Waals surface area contributed by atoms with Gasteiger partial charge in [-0.3, -0.25) is 9.59 Å². The fourth-order valence-corrected chi connectivity index (χ4v) is 4.65. The quantitative estimate of drug-likeness (QED) is 0.868. The number of amides is 2. The molecule has 1 saturated carbocycles. The van der Waals surface area contributed by atoms with E-state index >= 15 is 0 Å². The molecule has 2 aliphatic rings. The van der Waals surface area contributed by atoms with Crippen LogP contribution in [0.2, 0.25) is 0 Å². The van der Waals surface area contributed by atoms with Crippen LogP contribution >= 0.6 is 0 Å². The highest BCUT2D eigenvalue weighted by Gasteiger charge is 2.32. The second-order valence-corrected chi connectivity index (χ2v) is 8.71. The number of nitrogens with one attached hydrogen (secondary N) is 2. The van der Waals surface area contributed by atoms with Gasteiger partial charge in [-0.2, -0.15) is 0 Å². The van der Waals surface area contributed by atoms with Crippen LogP contribution in [0.4, 0.5) is 11.5 Å². The van der Waals surface area contributed by atoms with E-state index in [1.54, 1.807) is 6.20 Å². The lowest BCUT2D eigenvalue weighted by Crippen LogP contribution is -2.48. The maximum absolute atomic E-state index is 12.4. The second kappa shape index (κ2) is 7.64. The van der Waals surface area contributed by atoms with Gasteiger partial charge in [0.25, 0.3) is 0 Å². The summed E-state index contributed by atoms with van der Waals surface area (Å²) in [6.45, 7) is 8.60. The molecule has 2 atom stereocenters. The summed E-state index contributed by atoms with van der Waals surface area (Å²) in [4.78, 5) is 30.2. The van der Waals surface area contributed by atoms with Gasteiger partial charge in [-0.25, -0.2) is 4.98 Å². The first-order valence-corrected chi connectivity index (χ1v) is 9.58. The van der Waals surface area contributed by atoms with Gasteiger partial charge in [-0.1, -0.05) is 20.8 Å². The minimum absolute atomic E-state index is 0.0139. The van der Waals surface area contributed by atoms with E-state index in [-0.39, 0.29) is 11.8 Å². The zero-order chi connectivity index (χ0) is 18.7. The van der Waals surface area contributed by atoms with Crippen molar-refractivity contribution in [2.75, 3.05) is 29.9 Å². The van der Waals surface area contributed by atoms with Gasteiger partial charge in [0.05, 0.1) is 18.4 Å². The number of carbonyl (C=O) groups excluding carboxylic acids is 2. The predicted octanol–water partition coefficient (Wildman–Crippen LogP) is 2.81. The highest BCUT2D eigenvalue weighted by Crippen LogP contribution is 2.42. The molecule has 1 aromatic heterocycles. The predicted molar refractivity (Wildman–Crippen MR) is 103 cm³/mol. The topological polar surface area (TPSA) is 74.3 Å². The molecule has 6 nitrogen and oxygen atoms in total. The zero-order valence-corrected chi connectivity index (χ0v) is 16.0. The summed E-state index contributed by atoms with van der Waals surface area (Å²) in [5.74, 6) is 1.97. The number of aromatic nitrogens is 1. The summed E-state index contributed by atoms with van der Waals surface area (Å²) in [5.41, 5.74) is 1.04. The zero-order valence-electron chi connectivity index (χ0n) is 16.0. The van der Waals surface area contributed by atoms with Crippen molar-refractivity contribution in [3.63, 3.8) is 0 Å². The number of anilines is 2. The molecule has 1 aromatic rings. The minimum Gasteiger partial charge on any atom is -0.353 e. The van der Waals surface area contributed by atoms with Crippen LogP contribution in [-0.2, 0) is 9.59 Å². The fourth-order valence-electron chi connectivity index (χ4n) is 4.65. The Balaban J connectivity index is 1.53. The Labute approximate surface area is 155 Å². The van der Waals surface area contributed by atoms with Crippen LogP contribution in [0.3, 0.4) is 0 Å². The number of hydrogen-bond donors (Lipinski definition) is 2. The third-order valence-corrected chi connectivity index (χ3v) is 5.35. The molecule has 2 amide bonds. The van der Waals surface area contributed by atoms with Crippen molar-refractivity contribution in [1.82, 2.24) is 10.3 Å². The minimum atomic E-state index is 0.0139. The molecular weight excluding hydrogens is 328 g/mol. The highest BCUT2D eigenvalue weighted by atomic mass is 16.2. The number of pyridine rings is 1. The molecule has 0 aromatic carbocycles. The first-order chi connectivity index (χ1) is 12.3. The van der Waals surface area contributed by atoms with E-state index in [0.717, 1.165) is 25.2 Å². The molecule has 0 bridgehead atoms. The van der Waals surface area contributed by atoms with Crippen molar-refractivity contribution in [2.24, 2.45) is 17.3 Å². The van der Waals surface area contributed by atoms with Gasteiger partial charge in [0.2, 0.25) is 11.8 Å². The number of carbonyl (C=O) groups is 2. The number of hydrogen-bond acceptors (Lipinski definition) is 4. The van der Waals surface area contributed by atoms with Crippen molar-refractivity contribution >= 4 is 23.3 Å². The molecular formula is C20H30N4O2. The molecule has 0 radical (unpaired) electrons. The Hall–Kier alpha value is -2.11. The lowest BCUT2D eigenvalue weighted by atomic mass is 9.67. The van der Waals surface area contributed by atoms with Crippen LogP contribution in [0.1, 0.15) is 46.5 Å². The van der Waals surface area contributed by atoms with Crippen molar-refractivity contribution in [3.05, 3.63) is 18.3 Å². The van der Waals surface area contributed by atoms with Crippen LogP contribution in [0.25, 0.3) is 0 Å². The molecule has 6 heteroatoms. The van der Waals surface area contributed by atoms with Gasteiger partial charge < -0.3 is 15.5 Å². The molecule has 2 unspecified atom stereocenters. The summed E-state index contributed by atoms with van der Waals surface area (Å²) in [5, 5.41) is 5.77. The van der Waals surface area contributed by atoms with E-state index in [4.69, 9.17) is 0 Å². The maximum atomic E-state index is 12.4. The van der Waals surface area contributed by atoms with Crippen LogP contribution in [0.15, 0.2) is 18.3 Å². The van der Waals surface area contributed by atoms with E-state index in [1.807, 2.05) is 17.0 Å². The Morgan fingerprint density at radius 1 is 1.38 bits per heavy atom. The van der Waals surface area contributed by atoms with Gasteiger partial charge in [-0.05, 0) is 48.6 Å². The Morgan fingerprint density at radius 2 is 2.19 bits per heavy atom. The van der Waals surface area contributed by atoms with E-state index in [1.165, 1.54) is 6.42 Å². The van der Waals surface area contributed by atoms with E-state index in [2.05, 4.69) is 36.4 Å². The first kappa shape index (κ1) is 18.7. The summed E-state index contributed by atoms with van der Waals surface area (Å²) >= 11 is 0. The number of piperazine rings is 1. The normalized spacial score (nSPS) is 25.5. The largest absolute Gasteiger partial charge is 0.353 e. The Kier molecular flexibility index (Phi) is 5.49. The molecule has 2 fully saturated rings. The van der Waals surface area contributed by atoms with Crippen LogP contribution in [0.5, 0.6) is 0 Å². The molecule has 0 spiro atoms. The Morgan fingerprint density at radius 3 is 2.85 bits per heavy atom. The molecule has 1 aliphatic carbocycles. The first-order valence-electron chi connectivity index (χ1n) is 9.58. The molecule has 142 valence electrons. The average molecular weight is 358 g/mol. The average Bonchev–Trinajstić information content (AvgIpc) is 2.53. The molecule has 1 aliphatic heterocycles. The van der Waals surface area contributed by atoms with Gasteiger partial charge in [-0.15, -0.1) is 0 Å². The van der Waals surface area contributed by atoms with Crippen molar-refractivity contribution in [2.45, 2.75) is 46.5 Å². The standard InChI is InChI=1S/C20H30N4O2/c1-14-8-15(11-20(2,3)10-14)9-18(25)23-16-4-5-17(22-12-16)24-7-6-21-19(26)13-24/h4-5,12,14-15H,6-11,13H2,1-3H3,(H,21,26)(H,23,25). The number of nitrogens with zero attached hydrogens (tertiary/aromatic N) is 2. The molecule has 3 rings (SSSR count). The van der Waals surface area contributed by atoms with Gasteiger partial charge in [0, 0.05) is 19.5 Å². The van der Waals surface area contributed by atoms with E-state index in [9.17, 15) is 9.59 Å². The van der Waals surface area contributed by atoms with E-state index in [0.29, 0.717) is 42.4 Å². The maximum Gasteiger partial charge on any atom is 0.239 e. The van der Waals surface area contributed by atoms with Crippen LogP contribution in [-0.4, -0.2) is 36.4 Å². The van der Waals surface area contributed by atoms with Crippen molar-refractivity contribution in [1.29, 1.82) is 0 Å².